The van der Waals surface area contributed by atoms with Crippen LogP contribution in [0.5, 0.6) is 0 Å². The van der Waals surface area contributed by atoms with Crippen LogP contribution in [-0.4, -0.2) is 31.8 Å². The number of halogens is 1. The number of carbonyl (C=O) groups is 2. The van der Waals surface area contributed by atoms with Gasteiger partial charge in [0.05, 0.1) is 6.54 Å². The van der Waals surface area contributed by atoms with Crippen LogP contribution in [0.25, 0.3) is 0 Å². The number of nitrogens with one attached hydrogen (secondary N) is 1. The van der Waals surface area contributed by atoms with Crippen molar-refractivity contribution in [3.8, 4) is 0 Å². The number of anilines is 1. The van der Waals surface area contributed by atoms with Crippen LogP contribution in [-0.2, 0) is 4.79 Å². The van der Waals surface area contributed by atoms with E-state index in [-0.39, 0.29) is 18.0 Å². The first kappa shape index (κ1) is 14.2. The molecule has 4 nitrogen and oxygen atoms in total. The molecule has 0 saturated carbocycles. The molecule has 0 aliphatic carbocycles. The molecule has 1 aromatic rings. The molecule has 0 unspecified atom stereocenters. The Hall–Kier alpha value is -1.91. The van der Waals surface area contributed by atoms with Gasteiger partial charge in [0.2, 0.25) is 5.91 Å². The lowest BCUT2D eigenvalue weighted by molar-refractivity contribution is -0.119. The van der Waals surface area contributed by atoms with Crippen LogP contribution < -0.4 is 10.2 Å². The van der Waals surface area contributed by atoms with E-state index in [0.29, 0.717) is 25.1 Å². The third-order valence-electron chi connectivity index (χ3n) is 2.50. The van der Waals surface area contributed by atoms with Gasteiger partial charge in [-0.15, -0.1) is 0 Å². The zero-order valence-corrected chi connectivity index (χ0v) is 10.6. The Kier molecular flexibility index (Phi) is 5.30. The predicted octanol–water partition coefficient (Wildman–Crippen LogP) is 1.60. The molecule has 1 amide bonds. The second-order valence-corrected chi connectivity index (χ2v) is 3.83. The molecule has 0 bridgehead atoms. The topological polar surface area (TPSA) is 49.4 Å². The molecule has 98 valence electrons. The van der Waals surface area contributed by atoms with E-state index < -0.39 is 5.82 Å². The normalized spacial score (nSPS) is 9.94. The molecule has 1 N–H and O–H groups in total. The van der Waals surface area contributed by atoms with Crippen LogP contribution in [0.2, 0.25) is 0 Å². The molecule has 0 atom stereocenters. The van der Waals surface area contributed by atoms with Gasteiger partial charge in [-0.3, -0.25) is 9.59 Å². The predicted molar refractivity (Wildman–Crippen MR) is 68.4 cm³/mol. The molecule has 0 fully saturated rings. The Bertz CT molecular complexity index is 435. The van der Waals surface area contributed by atoms with E-state index in [2.05, 4.69) is 5.32 Å². The Balaban J connectivity index is 2.90. The van der Waals surface area contributed by atoms with Crippen LogP contribution in [0.1, 0.15) is 24.2 Å². The molecule has 18 heavy (non-hydrogen) atoms. The van der Waals surface area contributed by atoms with Gasteiger partial charge < -0.3 is 10.2 Å². The summed E-state index contributed by atoms with van der Waals surface area (Å²) < 4.78 is 13.3. The Morgan fingerprint density at radius 1 is 1.39 bits per heavy atom. The van der Waals surface area contributed by atoms with Crippen molar-refractivity contribution in [2.24, 2.45) is 0 Å². The number of amides is 1. The lowest BCUT2D eigenvalue weighted by Crippen LogP contribution is -2.37. The Morgan fingerprint density at radius 2 is 2.11 bits per heavy atom. The molecule has 0 aliphatic heterocycles. The van der Waals surface area contributed by atoms with Gasteiger partial charge in [0.15, 0.2) is 0 Å². The summed E-state index contributed by atoms with van der Waals surface area (Å²) in [6, 6.07) is 4.05. The van der Waals surface area contributed by atoms with E-state index in [1.807, 2.05) is 13.8 Å². The van der Waals surface area contributed by atoms with Gasteiger partial charge in [-0.05, 0) is 32.0 Å². The maximum Gasteiger partial charge on any atom is 0.239 e. The summed E-state index contributed by atoms with van der Waals surface area (Å²) >= 11 is 0. The highest BCUT2D eigenvalue weighted by molar-refractivity contribution is 5.82. The smallest absolute Gasteiger partial charge is 0.239 e. The largest absolute Gasteiger partial charge is 0.362 e. The molecule has 0 radical (unpaired) electrons. The van der Waals surface area contributed by atoms with Crippen molar-refractivity contribution in [1.29, 1.82) is 0 Å². The van der Waals surface area contributed by atoms with Gasteiger partial charge >= 0.3 is 0 Å². The highest BCUT2D eigenvalue weighted by Gasteiger charge is 2.11. The second-order valence-electron chi connectivity index (χ2n) is 3.83. The van der Waals surface area contributed by atoms with Crippen molar-refractivity contribution in [3.63, 3.8) is 0 Å². The molecule has 0 saturated heterocycles. The number of aldehydes is 1. The van der Waals surface area contributed by atoms with Crippen molar-refractivity contribution in [1.82, 2.24) is 5.32 Å². The fourth-order valence-corrected chi connectivity index (χ4v) is 1.66. The molecular weight excluding hydrogens is 235 g/mol. The van der Waals surface area contributed by atoms with E-state index in [9.17, 15) is 14.0 Å². The number of rotatable bonds is 6. The van der Waals surface area contributed by atoms with Crippen LogP contribution >= 0.6 is 0 Å². The monoisotopic (exact) mass is 252 g/mol. The molecule has 0 aromatic heterocycles. The summed E-state index contributed by atoms with van der Waals surface area (Å²) in [7, 11) is 0. The molecule has 0 aliphatic rings. The lowest BCUT2D eigenvalue weighted by Gasteiger charge is -2.22. The number of nitrogens with zero attached hydrogens (tertiary/aromatic N) is 1. The quantitative estimate of drug-likeness (QED) is 0.782. The summed E-state index contributed by atoms with van der Waals surface area (Å²) in [4.78, 5) is 23.9. The summed E-state index contributed by atoms with van der Waals surface area (Å²) in [5.74, 6) is -0.611. The van der Waals surface area contributed by atoms with Gasteiger partial charge in [-0.1, -0.05) is 0 Å². The standard InChI is InChI=1S/C13H17FN2O2/c1-3-15-13(18)8-16(4-2)12-6-10(9-17)5-11(14)7-12/h5-7,9H,3-4,8H2,1-2H3,(H,15,18). The van der Waals surface area contributed by atoms with E-state index in [1.165, 1.54) is 6.07 Å². The first-order valence-electron chi connectivity index (χ1n) is 5.88. The van der Waals surface area contributed by atoms with Crippen LogP contribution in [0, 0.1) is 5.82 Å². The number of benzene rings is 1. The summed E-state index contributed by atoms with van der Waals surface area (Å²) in [6.07, 6.45) is 0.590. The van der Waals surface area contributed by atoms with E-state index in [1.54, 1.807) is 11.0 Å². The molecule has 0 heterocycles. The van der Waals surface area contributed by atoms with Crippen LogP contribution in [0.3, 0.4) is 0 Å². The van der Waals surface area contributed by atoms with Crippen molar-refractivity contribution < 1.29 is 14.0 Å². The maximum atomic E-state index is 13.3. The minimum absolute atomic E-state index is 0.128. The second kappa shape index (κ2) is 6.74. The molecular formula is C13H17FN2O2. The van der Waals surface area contributed by atoms with Gasteiger partial charge in [0, 0.05) is 24.3 Å². The average molecular weight is 252 g/mol. The van der Waals surface area contributed by atoms with Gasteiger partial charge in [-0.2, -0.15) is 0 Å². The Morgan fingerprint density at radius 3 is 2.67 bits per heavy atom. The molecule has 0 spiro atoms. The lowest BCUT2D eigenvalue weighted by atomic mass is 10.2. The fourth-order valence-electron chi connectivity index (χ4n) is 1.66. The zero-order valence-electron chi connectivity index (χ0n) is 10.6. The summed E-state index contributed by atoms with van der Waals surface area (Å²) in [6.45, 7) is 4.95. The minimum Gasteiger partial charge on any atom is -0.362 e. The molecule has 1 aromatic carbocycles. The van der Waals surface area contributed by atoms with E-state index >= 15 is 0 Å². The van der Waals surface area contributed by atoms with Crippen LogP contribution in [0.15, 0.2) is 18.2 Å². The van der Waals surface area contributed by atoms with Crippen molar-refractivity contribution >= 4 is 17.9 Å². The number of hydrogen-bond acceptors (Lipinski definition) is 3. The third-order valence-corrected chi connectivity index (χ3v) is 2.50. The summed E-state index contributed by atoms with van der Waals surface area (Å²) in [5.41, 5.74) is 0.796. The molecule has 5 heteroatoms. The first-order valence-corrected chi connectivity index (χ1v) is 5.88. The first-order chi connectivity index (χ1) is 8.60. The van der Waals surface area contributed by atoms with E-state index in [0.717, 1.165) is 6.07 Å². The van der Waals surface area contributed by atoms with Crippen LogP contribution in [0.4, 0.5) is 10.1 Å². The van der Waals surface area contributed by atoms with Gasteiger partial charge in [-0.25, -0.2) is 4.39 Å². The SMILES string of the molecule is CCNC(=O)CN(CC)c1cc(F)cc(C=O)c1. The van der Waals surface area contributed by atoms with Crippen molar-refractivity contribution in [2.45, 2.75) is 13.8 Å². The third kappa shape index (κ3) is 3.84. The minimum atomic E-state index is -0.482. The summed E-state index contributed by atoms with van der Waals surface area (Å²) in [5, 5.41) is 2.68. The van der Waals surface area contributed by atoms with E-state index in [4.69, 9.17) is 0 Å². The highest BCUT2D eigenvalue weighted by atomic mass is 19.1. The Labute approximate surface area is 106 Å². The van der Waals surface area contributed by atoms with Gasteiger partial charge in [0.1, 0.15) is 12.1 Å². The number of carbonyl (C=O) groups excluding carboxylic acids is 2. The van der Waals surface area contributed by atoms with Gasteiger partial charge in [0.25, 0.3) is 0 Å². The van der Waals surface area contributed by atoms with Crippen molar-refractivity contribution in [2.75, 3.05) is 24.5 Å². The average Bonchev–Trinajstić information content (AvgIpc) is 2.35. The highest BCUT2D eigenvalue weighted by Crippen LogP contribution is 2.17. The fraction of sp³-hybridized carbons (Fsp3) is 0.385. The number of hydrogen-bond donors (Lipinski definition) is 1. The van der Waals surface area contributed by atoms with Crippen molar-refractivity contribution in [3.05, 3.63) is 29.6 Å². The number of likely N-dealkylation sites (N-methyl/N-ethyl adjacent to an activating group) is 2. The maximum absolute atomic E-state index is 13.3. The zero-order chi connectivity index (χ0) is 13.5. The molecule has 1 rings (SSSR count).